The second kappa shape index (κ2) is 5.89. The molecule has 0 fully saturated rings. The lowest BCUT2D eigenvalue weighted by atomic mass is 10.0. The molecule has 4 nitrogen and oxygen atoms in total. The van der Waals surface area contributed by atoms with E-state index in [1.165, 1.54) is 18.3 Å². The number of hydrogen-bond donors (Lipinski definition) is 1. The molecule has 3 aromatic rings. The number of pyridine rings is 1. The quantitative estimate of drug-likeness (QED) is 0.732. The third kappa shape index (κ3) is 2.65. The summed E-state index contributed by atoms with van der Waals surface area (Å²) in [5.41, 5.74) is 1.20. The van der Waals surface area contributed by atoms with E-state index in [-0.39, 0.29) is 24.3 Å². The third-order valence-corrected chi connectivity index (χ3v) is 3.49. The van der Waals surface area contributed by atoms with Crippen LogP contribution in [0.15, 0.2) is 48.8 Å². The fourth-order valence-corrected chi connectivity index (χ4v) is 2.37. The molecule has 2 heterocycles. The predicted molar refractivity (Wildman–Crippen MR) is 80.4 cm³/mol. The number of rotatable bonds is 5. The van der Waals surface area contributed by atoms with Gasteiger partial charge in [0.2, 0.25) is 0 Å². The van der Waals surface area contributed by atoms with Gasteiger partial charge < -0.3 is 4.98 Å². The van der Waals surface area contributed by atoms with Crippen molar-refractivity contribution < 1.29 is 14.0 Å². The molecular formula is C17H13FN2O2. The Morgan fingerprint density at radius 1 is 1.05 bits per heavy atom. The average molecular weight is 296 g/mol. The van der Waals surface area contributed by atoms with Crippen molar-refractivity contribution in [3.63, 3.8) is 0 Å². The Kier molecular flexibility index (Phi) is 3.78. The molecule has 0 radical (unpaired) electrons. The van der Waals surface area contributed by atoms with Crippen molar-refractivity contribution in [3.8, 4) is 0 Å². The molecule has 0 aliphatic heterocycles. The lowest BCUT2D eigenvalue weighted by Crippen LogP contribution is -2.08. The lowest BCUT2D eigenvalue weighted by molar-refractivity contribution is 0.0913. The number of nitrogens with one attached hydrogen (secondary N) is 1. The van der Waals surface area contributed by atoms with Crippen LogP contribution in [0.25, 0.3) is 10.9 Å². The van der Waals surface area contributed by atoms with E-state index in [0.717, 1.165) is 10.9 Å². The Morgan fingerprint density at radius 2 is 1.82 bits per heavy atom. The summed E-state index contributed by atoms with van der Waals surface area (Å²) in [4.78, 5) is 30.9. The van der Waals surface area contributed by atoms with Gasteiger partial charge >= 0.3 is 0 Å². The first-order valence-electron chi connectivity index (χ1n) is 6.90. The number of carbonyl (C=O) groups excluding carboxylic acids is 2. The highest BCUT2D eigenvalue weighted by Crippen LogP contribution is 2.20. The van der Waals surface area contributed by atoms with Gasteiger partial charge in [-0.2, -0.15) is 0 Å². The van der Waals surface area contributed by atoms with Crippen LogP contribution in [0.1, 0.15) is 33.7 Å². The molecule has 1 N–H and O–H groups in total. The number of para-hydroxylation sites is 1. The molecule has 0 unspecified atom stereocenters. The van der Waals surface area contributed by atoms with Gasteiger partial charge in [0.15, 0.2) is 17.4 Å². The van der Waals surface area contributed by atoms with Crippen molar-refractivity contribution in [1.82, 2.24) is 9.97 Å². The molecule has 0 spiro atoms. The van der Waals surface area contributed by atoms with Gasteiger partial charge in [-0.15, -0.1) is 0 Å². The minimum Gasteiger partial charge on any atom is -0.360 e. The molecule has 3 rings (SSSR count). The standard InChI is InChI=1S/C17H13FN2O2/c18-13-5-3-9-19-17(13)16(22)8-7-15(21)12-10-20-14-6-2-1-4-11(12)14/h1-6,9-10,20H,7-8H2. The first-order valence-corrected chi connectivity index (χ1v) is 6.90. The Morgan fingerprint density at radius 3 is 2.64 bits per heavy atom. The van der Waals surface area contributed by atoms with Gasteiger partial charge in [0, 0.05) is 41.7 Å². The molecule has 0 saturated heterocycles. The van der Waals surface area contributed by atoms with E-state index in [2.05, 4.69) is 9.97 Å². The van der Waals surface area contributed by atoms with Crippen LogP contribution in [0, 0.1) is 5.82 Å². The van der Waals surface area contributed by atoms with Crippen molar-refractivity contribution in [2.24, 2.45) is 0 Å². The highest BCUT2D eigenvalue weighted by molar-refractivity contribution is 6.09. The second-order valence-electron chi connectivity index (χ2n) is 4.93. The smallest absolute Gasteiger partial charge is 0.184 e. The van der Waals surface area contributed by atoms with E-state index < -0.39 is 11.6 Å². The summed E-state index contributed by atoms with van der Waals surface area (Å²) < 4.78 is 13.5. The molecule has 0 amide bonds. The van der Waals surface area contributed by atoms with Gasteiger partial charge in [-0.05, 0) is 18.2 Å². The van der Waals surface area contributed by atoms with Crippen molar-refractivity contribution >= 4 is 22.5 Å². The van der Waals surface area contributed by atoms with Crippen LogP contribution in [-0.2, 0) is 0 Å². The Balaban J connectivity index is 1.73. The van der Waals surface area contributed by atoms with E-state index in [1.807, 2.05) is 24.3 Å². The zero-order valence-electron chi connectivity index (χ0n) is 11.7. The van der Waals surface area contributed by atoms with Crippen LogP contribution in [-0.4, -0.2) is 21.5 Å². The Hall–Kier alpha value is -2.82. The largest absolute Gasteiger partial charge is 0.360 e. The van der Waals surface area contributed by atoms with Crippen LogP contribution in [0.3, 0.4) is 0 Å². The van der Waals surface area contributed by atoms with Crippen LogP contribution >= 0.6 is 0 Å². The number of halogens is 1. The monoisotopic (exact) mass is 296 g/mol. The van der Waals surface area contributed by atoms with Gasteiger partial charge in [0.05, 0.1) is 0 Å². The summed E-state index contributed by atoms with van der Waals surface area (Å²) in [6, 6.07) is 10.0. The maximum Gasteiger partial charge on any atom is 0.184 e. The fourth-order valence-electron chi connectivity index (χ4n) is 2.37. The van der Waals surface area contributed by atoms with Crippen LogP contribution in [0.5, 0.6) is 0 Å². The lowest BCUT2D eigenvalue weighted by Gasteiger charge is -2.01. The van der Waals surface area contributed by atoms with E-state index in [1.54, 1.807) is 6.20 Å². The van der Waals surface area contributed by atoms with Crippen LogP contribution in [0.4, 0.5) is 4.39 Å². The molecule has 110 valence electrons. The number of benzene rings is 1. The van der Waals surface area contributed by atoms with Crippen molar-refractivity contribution in [1.29, 1.82) is 0 Å². The SMILES string of the molecule is O=C(CCC(=O)c1c[nH]c2ccccc12)c1ncccc1F. The minimum absolute atomic E-state index is 0.0245. The summed E-state index contributed by atoms with van der Waals surface area (Å²) in [6.45, 7) is 0. The number of Topliss-reactive ketones (excluding diaryl/α,β-unsaturated/α-hetero) is 2. The summed E-state index contributed by atoms with van der Waals surface area (Å²) in [6.07, 6.45) is 2.96. The normalized spacial score (nSPS) is 10.8. The Labute approximate surface area is 126 Å². The topological polar surface area (TPSA) is 62.8 Å². The number of fused-ring (bicyclic) bond motifs is 1. The van der Waals surface area contributed by atoms with Gasteiger partial charge in [-0.1, -0.05) is 18.2 Å². The molecule has 5 heteroatoms. The summed E-state index contributed by atoms with van der Waals surface area (Å²) in [5, 5.41) is 0.823. The van der Waals surface area contributed by atoms with E-state index in [9.17, 15) is 14.0 Å². The summed E-state index contributed by atoms with van der Waals surface area (Å²) >= 11 is 0. The van der Waals surface area contributed by atoms with Gasteiger partial charge in [-0.3, -0.25) is 14.6 Å². The number of ketones is 2. The number of hydrogen-bond acceptors (Lipinski definition) is 3. The van der Waals surface area contributed by atoms with E-state index in [4.69, 9.17) is 0 Å². The minimum atomic E-state index is -0.660. The van der Waals surface area contributed by atoms with Gasteiger partial charge in [0.1, 0.15) is 5.69 Å². The first-order chi connectivity index (χ1) is 10.7. The molecule has 0 bridgehead atoms. The molecule has 22 heavy (non-hydrogen) atoms. The fraction of sp³-hybridized carbons (Fsp3) is 0.118. The second-order valence-corrected chi connectivity index (χ2v) is 4.93. The number of aromatic nitrogens is 2. The third-order valence-electron chi connectivity index (χ3n) is 3.49. The number of nitrogens with zero attached hydrogens (tertiary/aromatic N) is 1. The van der Waals surface area contributed by atoms with E-state index >= 15 is 0 Å². The summed E-state index contributed by atoms with van der Waals surface area (Å²) in [7, 11) is 0. The van der Waals surface area contributed by atoms with Crippen LogP contribution in [0.2, 0.25) is 0 Å². The van der Waals surface area contributed by atoms with Gasteiger partial charge in [0.25, 0.3) is 0 Å². The predicted octanol–water partition coefficient (Wildman–Crippen LogP) is 3.55. The molecule has 0 atom stereocenters. The maximum atomic E-state index is 13.5. The number of aromatic amines is 1. The average Bonchev–Trinajstić information content (AvgIpc) is 2.97. The Bertz CT molecular complexity index is 854. The molecule has 1 aromatic carbocycles. The maximum absolute atomic E-state index is 13.5. The van der Waals surface area contributed by atoms with Crippen LogP contribution < -0.4 is 0 Å². The zero-order valence-corrected chi connectivity index (χ0v) is 11.7. The van der Waals surface area contributed by atoms with Crippen molar-refractivity contribution in [2.45, 2.75) is 12.8 Å². The van der Waals surface area contributed by atoms with E-state index in [0.29, 0.717) is 5.56 Å². The zero-order chi connectivity index (χ0) is 15.5. The highest BCUT2D eigenvalue weighted by Gasteiger charge is 2.17. The van der Waals surface area contributed by atoms with Crippen molar-refractivity contribution in [3.05, 3.63) is 65.9 Å². The number of H-pyrrole nitrogens is 1. The molecule has 2 aromatic heterocycles. The molecule has 0 saturated carbocycles. The molecule has 0 aliphatic rings. The number of carbonyl (C=O) groups is 2. The van der Waals surface area contributed by atoms with Gasteiger partial charge in [-0.25, -0.2) is 4.39 Å². The summed E-state index contributed by atoms with van der Waals surface area (Å²) in [5.74, 6) is -1.28. The molecular weight excluding hydrogens is 283 g/mol. The first kappa shape index (κ1) is 14.1. The molecule has 0 aliphatic carbocycles. The highest BCUT2D eigenvalue weighted by atomic mass is 19.1. The van der Waals surface area contributed by atoms with Crippen molar-refractivity contribution in [2.75, 3.05) is 0 Å².